The van der Waals surface area contributed by atoms with Crippen LogP contribution in [0.4, 0.5) is 0 Å². The first-order valence-corrected chi connectivity index (χ1v) is 12.3. The Labute approximate surface area is 183 Å². The van der Waals surface area contributed by atoms with E-state index in [1.807, 2.05) is 26.8 Å². The van der Waals surface area contributed by atoms with Crippen LogP contribution in [0.25, 0.3) is 0 Å². The lowest BCUT2D eigenvalue weighted by molar-refractivity contribution is -0.157. The van der Waals surface area contributed by atoms with Gasteiger partial charge in [0.1, 0.15) is 11.4 Å². The smallest absolute Gasteiger partial charge is 0.344 e. The van der Waals surface area contributed by atoms with Crippen molar-refractivity contribution in [3.05, 3.63) is 29.3 Å². The second-order valence-electron chi connectivity index (χ2n) is 10.5. The number of rotatable bonds is 10. The standard InChI is InChI=1S/C27H42O3/c1-5-6-7-8-9-10-12-20-15-16-22-18-24-21(17-23(20)22)13-11-14-25(24)29-19-26(28)30-27(2,3)4/h11,13-14,20,22-23H,5-10,12,15-19H2,1-4H3. The first-order chi connectivity index (χ1) is 14.4. The van der Waals surface area contributed by atoms with E-state index in [4.69, 9.17) is 9.47 Å². The van der Waals surface area contributed by atoms with Crippen molar-refractivity contribution < 1.29 is 14.3 Å². The summed E-state index contributed by atoms with van der Waals surface area (Å²) >= 11 is 0. The summed E-state index contributed by atoms with van der Waals surface area (Å²) in [5.41, 5.74) is 2.30. The van der Waals surface area contributed by atoms with Crippen molar-refractivity contribution in [3.63, 3.8) is 0 Å². The highest BCUT2D eigenvalue weighted by Gasteiger charge is 2.39. The lowest BCUT2D eigenvalue weighted by Gasteiger charge is -2.32. The van der Waals surface area contributed by atoms with Crippen molar-refractivity contribution in [2.24, 2.45) is 17.8 Å². The second-order valence-corrected chi connectivity index (χ2v) is 10.5. The number of unbranched alkanes of at least 4 members (excludes halogenated alkanes) is 5. The highest BCUT2D eigenvalue weighted by atomic mass is 16.6. The number of carbonyl (C=O) groups excluding carboxylic acids is 1. The van der Waals surface area contributed by atoms with Gasteiger partial charge >= 0.3 is 5.97 Å². The minimum absolute atomic E-state index is 0.0114. The highest BCUT2D eigenvalue weighted by molar-refractivity contribution is 5.71. The van der Waals surface area contributed by atoms with Crippen molar-refractivity contribution in [1.82, 2.24) is 0 Å². The van der Waals surface area contributed by atoms with Gasteiger partial charge in [0, 0.05) is 0 Å². The molecule has 1 fully saturated rings. The zero-order chi connectivity index (χ0) is 21.6. The molecule has 3 rings (SSSR count). The summed E-state index contributed by atoms with van der Waals surface area (Å²) in [6.45, 7) is 7.93. The number of hydrogen-bond donors (Lipinski definition) is 0. The zero-order valence-corrected chi connectivity index (χ0v) is 19.7. The van der Waals surface area contributed by atoms with Crippen molar-refractivity contribution in [2.75, 3.05) is 6.61 Å². The van der Waals surface area contributed by atoms with Crippen molar-refractivity contribution >= 4 is 5.97 Å². The zero-order valence-electron chi connectivity index (χ0n) is 19.7. The SMILES string of the molecule is CCCCCCCCC1CCC2Cc3c(cccc3OCC(=O)OC(C)(C)C)CC12. The average Bonchev–Trinajstić information content (AvgIpc) is 3.08. The quantitative estimate of drug-likeness (QED) is 0.308. The number of benzene rings is 1. The fourth-order valence-electron chi connectivity index (χ4n) is 5.57. The molecule has 1 aromatic carbocycles. The van der Waals surface area contributed by atoms with Crippen LogP contribution in [0.2, 0.25) is 0 Å². The number of esters is 1. The van der Waals surface area contributed by atoms with E-state index < -0.39 is 5.60 Å². The van der Waals surface area contributed by atoms with Gasteiger partial charge in [0.2, 0.25) is 0 Å². The minimum atomic E-state index is -0.474. The molecule has 0 heterocycles. The highest BCUT2D eigenvalue weighted by Crippen LogP contribution is 2.48. The predicted molar refractivity (Wildman–Crippen MR) is 123 cm³/mol. The number of hydrogen-bond acceptors (Lipinski definition) is 3. The number of ether oxygens (including phenoxy) is 2. The van der Waals surface area contributed by atoms with Crippen molar-refractivity contribution in [3.8, 4) is 5.75 Å². The summed E-state index contributed by atoms with van der Waals surface area (Å²) in [4.78, 5) is 12.1. The monoisotopic (exact) mass is 414 g/mol. The van der Waals surface area contributed by atoms with Gasteiger partial charge in [0.05, 0.1) is 0 Å². The predicted octanol–water partition coefficient (Wildman–Crippen LogP) is 6.90. The van der Waals surface area contributed by atoms with Crippen LogP contribution in [0.3, 0.4) is 0 Å². The summed E-state index contributed by atoms with van der Waals surface area (Å²) in [6, 6.07) is 6.37. The van der Waals surface area contributed by atoms with Crippen molar-refractivity contribution in [2.45, 2.75) is 104 Å². The molecule has 0 spiro atoms. The first kappa shape index (κ1) is 23.2. The molecule has 3 atom stereocenters. The molecule has 0 saturated heterocycles. The number of carbonyl (C=O) groups is 1. The summed E-state index contributed by atoms with van der Waals surface area (Å²) < 4.78 is 11.3. The van der Waals surface area contributed by atoms with E-state index in [1.165, 1.54) is 75.3 Å². The van der Waals surface area contributed by atoms with Crippen LogP contribution < -0.4 is 4.74 Å². The molecule has 2 aliphatic rings. The van der Waals surface area contributed by atoms with Gasteiger partial charge in [-0.3, -0.25) is 0 Å². The van der Waals surface area contributed by atoms with Crippen LogP contribution in [-0.4, -0.2) is 18.2 Å². The molecular formula is C27H42O3. The van der Waals surface area contributed by atoms with Crippen LogP contribution in [0.1, 0.15) is 96.6 Å². The fourth-order valence-corrected chi connectivity index (χ4v) is 5.57. The topological polar surface area (TPSA) is 35.5 Å². The Morgan fingerprint density at radius 1 is 1.03 bits per heavy atom. The Morgan fingerprint density at radius 3 is 2.57 bits per heavy atom. The van der Waals surface area contributed by atoms with Gasteiger partial charge in [-0.1, -0.05) is 64.0 Å². The van der Waals surface area contributed by atoms with Gasteiger partial charge in [-0.05, 0) is 81.4 Å². The lowest BCUT2D eigenvalue weighted by Crippen LogP contribution is -2.28. The van der Waals surface area contributed by atoms with E-state index in [9.17, 15) is 4.79 Å². The molecule has 3 unspecified atom stereocenters. The fraction of sp³-hybridized carbons (Fsp3) is 0.741. The Balaban J connectivity index is 1.53. The molecule has 1 saturated carbocycles. The lowest BCUT2D eigenvalue weighted by atomic mass is 9.73. The molecule has 0 radical (unpaired) electrons. The Bertz CT molecular complexity index is 688. The van der Waals surface area contributed by atoms with Crippen LogP contribution in [0, 0.1) is 17.8 Å². The third-order valence-electron chi connectivity index (χ3n) is 6.97. The molecule has 0 amide bonds. The van der Waals surface area contributed by atoms with Gasteiger partial charge in [-0.15, -0.1) is 0 Å². The molecule has 0 aromatic heterocycles. The molecule has 2 aliphatic carbocycles. The van der Waals surface area contributed by atoms with E-state index in [0.29, 0.717) is 0 Å². The van der Waals surface area contributed by atoms with Gasteiger partial charge in [-0.25, -0.2) is 4.79 Å². The molecule has 1 aromatic rings. The minimum Gasteiger partial charge on any atom is -0.482 e. The molecule has 3 nitrogen and oxygen atoms in total. The van der Waals surface area contributed by atoms with E-state index in [1.54, 1.807) is 0 Å². The third-order valence-corrected chi connectivity index (χ3v) is 6.97. The average molecular weight is 415 g/mol. The van der Waals surface area contributed by atoms with E-state index in [0.717, 1.165) is 29.9 Å². The van der Waals surface area contributed by atoms with Crippen LogP contribution in [0.15, 0.2) is 18.2 Å². The summed E-state index contributed by atoms with van der Waals surface area (Å²) in [5.74, 6) is 3.12. The molecular weight excluding hydrogens is 372 g/mol. The molecule has 30 heavy (non-hydrogen) atoms. The number of fused-ring (bicyclic) bond motifs is 2. The summed E-state index contributed by atoms with van der Waals surface area (Å²) in [7, 11) is 0. The maximum atomic E-state index is 12.1. The molecule has 0 aliphatic heterocycles. The van der Waals surface area contributed by atoms with Gasteiger partial charge in [0.15, 0.2) is 6.61 Å². The molecule has 3 heteroatoms. The van der Waals surface area contributed by atoms with Gasteiger partial charge in [-0.2, -0.15) is 0 Å². The van der Waals surface area contributed by atoms with E-state index >= 15 is 0 Å². The Kier molecular flexibility index (Phi) is 8.25. The summed E-state index contributed by atoms with van der Waals surface area (Å²) in [5, 5.41) is 0. The van der Waals surface area contributed by atoms with E-state index in [2.05, 4.69) is 19.1 Å². The van der Waals surface area contributed by atoms with Gasteiger partial charge in [0.25, 0.3) is 0 Å². The van der Waals surface area contributed by atoms with Crippen LogP contribution in [-0.2, 0) is 22.4 Å². The van der Waals surface area contributed by atoms with Crippen LogP contribution >= 0.6 is 0 Å². The van der Waals surface area contributed by atoms with Crippen molar-refractivity contribution in [1.29, 1.82) is 0 Å². The van der Waals surface area contributed by atoms with Gasteiger partial charge < -0.3 is 9.47 Å². The molecule has 0 bridgehead atoms. The third kappa shape index (κ3) is 6.49. The molecule has 0 N–H and O–H groups in total. The Morgan fingerprint density at radius 2 is 1.80 bits per heavy atom. The maximum absolute atomic E-state index is 12.1. The first-order valence-electron chi connectivity index (χ1n) is 12.3. The summed E-state index contributed by atoms with van der Waals surface area (Å²) in [6.07, 6.45) is 14.8. The second kappa shape index (κ2) is 10.7. The normalized spacial score (nSPS) is 23.0. The van der Waals surface area contributed by atoms with E-state index in [-0.39, 0.29) is 12.6 Å². The Hall–Kier alpha value is -1.51. The van der Waals surface area contributed by atoms with Crippen LogP contribution in [0.5, 0.6) is 5.75 Å². The maximum Gasteiger partial charge on any atom is 0.344 e. The largest absolute Gasteiger partial charge is 0.482 e. The molecule has 168 valence electrons.